The lowest BCUT2D eigenvalue weighted by Gasteiger charge is -2.23. The summed E-state index contributed by atoms with van der Waals surface area (Å²) in [5, 5.41) is 15.0. The monoisotopic (exact) mass is 1130 g/mol. The van der Waals surface area contributed by atoms with Gasteiger partial charge in [0.1, 0.15) is 0 Å². The summed E-state index contributed by atoms with van der Waals surface area (Å²) in [5.74, 6) is 0. The fourth-order valence-corrected chi connectivity index (χ4v) is 15.6. The predicted octanol–water partition coefficient (Wildman–Crippen LogP) is 25.2. The molecule has 19 rings (SSSR count). The molecule has 0 fully saturated rings. The van der Waals surface area contributed by atoms with Crippen molar-refractivity contribution in [3.05, 3.63) is 328 Å². The Bertz CT molecular complexity index is 5380. The molecule has 0 saturated carbocycles. The molecule has 0 aliphatic heterocycles. The van der Waals surface area contributed by atoms with Crippen LogP contribution in [0.15, 0.2) is 328 Å². The average Bonchev–Trinajstić information content (AvgIpc) is 1.50. The van der Waals surface area contributed by atoms with E-state index < -0.39 is 0 Å². The molecule has 0 heterocycles. The van der Waals surface area contributed by atoms with Gasteiger partial charge in [0.25, 0.3) is 0 Å². The van der Waals surface area contributed by atoms with Gasteiger partial charge in [-0.1, -0.05) is 267 Å². The summed E-state index contributed by atoms with van der Waals surface area (Å²) >= 11 is 0. The van der Waals surface area contributed by atoms with E-state index in [9.17, 15) is 0 Å². The number of rotatable bonds is 8. The first-order chi connectivity index (χ1) is 44.6. The van der Waals surface area contributed by atoms with Gasteiger partial charge in [-0.05, 0) is 259 Å². The van der Waals surface area contributed by atoms with Gasteiger partial charge in [-0.25, -0.2) is 0 Å². The maximum Gasteiger partial charge on any atom is -0.000740 e. The summed E-state index contributed by atoms with van der Waals surface area (Å²) in [4.78, 5) is 0. The molecule has 0 saturated heterocycles. The van der Waals surface area contributed by atoms with Gasteiger partial charge in [0.15, 0.2) is 0 Å². The first kappa shape index (κ1) is 50.5. The predicted molar refractivity (Wildman–Crippen MR) is 384 cm³/mol. The van der Waals surface area contributed by atoms with Gasteiger partial charge in [0.05, 0.1) is 0 Å². The fraction of sp³-hybridized carbons (Fsp3) is 0. The second kappa shape index (κ2) is 19.9. The highest BCUT2D eigenvalue weighted by molar-refractivity contribution is 6.36. The van der Waals surface area contributed by atoms with Crippen molar-refractivity contribution in [2.75, 3.05) is 0 Å². The van der Waals surface area contributed by atoms with E-state index in [-0.39, 0.29) is 0 Å². The first-order valence-electron chi connectivity index (χ1n) is 31.4. The van der Waals surface area contributed by atoms with Crippen LogP contribution in [0.5, 0.6) is 0 Å². The molecule has 0 spiro atoms. The largest absolute Gasteiger partial charge is 0.0622 e. The number of fused-ring (bicyclic) bond motifs is 11. The Morgan fingerprint density at radius 1 is 0.122 bits per heavy atom. The zero-order valence-corrected chi connectivity index (χ0v) is 49.2. The van der Waals surface area contributed by atoms with E-state index in [1.54, 1.807) is 0 Å². The molecule has 0 bridgehead atoms. The molecule has 0 amide bonds. The average molecular weight is 1140 g/mol. The lowest BCUT2D eigenvalue weighted by molar-refractivity contribution is 1.56. The van der Waals surface area contributed by atoms with Crippen LogP contribution in [0, 0.1) is 0 Å². The maximum absolute atomic E-state index is 2.51. The van der Waals surface area contributed by atoms with E-state index in [4.69, 9.17) is 0 Å². The molecule has 0 aromatic heterocycles. The van der Waals surface area contributed by atoms with Crippen molar-refractivity contribution >= 4 is 64.6 Å². The molecular formula is C90H54. The SMILES string of the molecule is c1ccc(-c2cc(-c3ccccc3)cc(-c3c4c(c(-c5cc(-c6ccccc6)cc(-c6ccccc6)c5)c5ccccc35)-c3ccc5c6c(ccc-4c36)-c3c-5c(-c4ccc5ccccc5c4)c4cc5ccccc5cc4c3-c3ccc4ccccc4c3)c2)cc1. The maximum atomic E-state index is 2.51. The number of hydrogen-bond acceptors (Lipinski definition) is 0. The van der Waals surface area contributed by atoms with Crippen LogP contribution in [0.4, 0.5) is 0 Å². The van der Waals surface area contributed by atoms with E-state index in [2.05, 4.69) is 328 Å². The lowest BCUT2D eigenvalue weighted by atomic mass is 9.80. The molecule has 90 heavy (non-hydrogen) atoms. The molecule has 0 radical (unpaired) electrons. The molecular weight excluding hydrogens is 1080 g/mol. The Balaban J connectivity index is 0.974. The van der Waals surface area contributed by atoms with E-state index in [0.29, 0.717) is 0 Å². The molecule has 0 heteroatoms. The van der Waals surface area contributed by atoms with Crippen molar-refractivity contribution in [2.45, 2.75) is 0 Å². The third kappa shape index (κ3) is 7.75. The standard InChI is InChI=1S/C90H54/c1-5-21-55(22-6-1)67-47-68(56-23-7-2-8-24-56)50-71(49-67)83-73-35-19-20-36-74(73)84(72-51-69(57-25-9-3-10-26-57)48-70(52-72)58-27-11-4-12-28-58)90-78-44-42-76-85-75(41-43-77(86(78)85)89(83)90)87-81(65-39-37-59-29-13-15-31-61(59)45-65)79-53-63-33-17-18-34-64(63)54-80(79)82(88(76)87)66-40-38-60-30-14-16-32-62(60)46-66/h1-54H. The summed E-state index contributed by atoms with van der Waals surface area (Å²) in [7, 11) is 0. The Morgan fingerprint density at radius 2 is 0.378 bits per heavy atom. The highest BCUT2D eigenvalue weighted by Crippen LogP contribution is 2.65. The van der Waals surface area contributed by atoms with Gasteiger partial charge in [-0.3, -0.25) is 0 Å². The van der Waals surface area contributed by atoms with Crippen LogP contribution < -0.4 is 0 Å². The van der Waals surface area contributed by atoms with Gasteiger partial charge in [-0.15, -0.1) is 0 Å². The van der Waals surface area contributed by atoms with E-state index >= 15 is 0 Å². The number of benzene rings is 17. The van der Waals surface area contributed by atoms with Crippen LogP contribution in [0.3, 0.4) is 0 Å². The summed E-state index contributed by atoms with van der Waals surface area (Å²) in [6.07, 6.45) is 0. The summed E-state index contributed by atoms with van der Waals surface area (Å²) in [6, 6.07) is 123. The molecule has 0 unspecified atom stereocenters. The topological polar surface area (TPSA) is 0 Å². The molecule has 17 aromatic carbocycles. The van der Waals surface area contributed by atoms with Gasteiger partial charge in [0.2, 0.25) is 0 Å². The normalized spacial score (nSPS) is 12.0. The van der Waals surface area contributed by atoms with Gasteiger partial charge < -0.3 is 0 Å². The van der Waals surface area contributed by atoms with Crippen LogP contribution in [0.1, 0.15) is 0 Å². The lowest BCUT2D eigenvalue weighted by Crippen LogP contribution is -1.96. The van der Waals surface area contributed by atoms with Crippen molar-refractivity contribution in [3.8, 4) is 134 Å². The highest BCUT2D eigenvalue weighted by Gasteiger charge is 2.38. The van der Waals surface area contributed by atoms with Crippen molar-refractivity contribution in [2.24, 2.45) is 0 Å². The Kier molecular flexibility index (Phi) is 11.2. The summed E-state index contributed by atoms with van der Waals surface area (Å²) < 4.78 is 0. The molecule has 2 aliphatic rings. The van der Waals surface area contributed by atoms with Crippen LogP contribution in [0.2, 0.25) is 0 Å². The first-order valence-corrected chi connectivity index (χ1v) is 31.4. The zero-order chi connectivity index (χ0) is 59.0. The summed E-state index contributed by atoms with van der Waals surface area (Å²) in [6.45, 7) is 0. The van der Waals surface area contributed by atoms with Crippen molar-refractivity contribution in [1.29, 1.82) is 0 Å². The van der Waals surface area contributed by atoms with E-state index in [1.165, 1.54) is 198 Å². The van der Waals surface area contributed by atoms with Crippen molar-refractivity contribution in [3.63, 3.8) is 0 Å². The minimum atomic E-state index is 1.19. The molecule has 17 aromatic rings. The Morgan fingerprint density at radius 3 is 0.700 bits per heavy atom. The minimum absolute atomic E-state index is 1.19. The zero-order valence-electron chi connectivity index (χ0n) is 49.2. The van der Waals surface area contributed by atoms with Gasteiger partial charge >= 0.3 is 0 Å². The van der Waals surface area contributed by atoms with Crippen molar-refractivity contribution < 1.29 is 0 Å². The van der Waals surface area contributed by atoms with Crippen LogP contribution in [0.25, 0.3) is 198 Å². The third-order valence-corrected chi connectivity index (χ3v) is 19.6. The van der Waals surface area contributed by atoms with Gasteiger partial charge in [0, 0.05) is 0 Å². The van der Waals surface area contributed by atoms with Crippen LogP contribution >= 0.6 is 0 Å². The van der Waals surface area contributed by atoms with E-state index in [1.807, 2.05) is 0 Å². The fourth-order valence-electron chi connectivity index (χ4n) is 15.6. The second-order valence-corrected chi connectivity index (χ2v) is 24.5. The molecule has 414 valence electrons. The Hall–Kier alpha value is -11.7. The molecule has 2 aliphatic carbocycles. The second-order valence-electron chi connectivity index (χ2n) is 24.5. The molecule has 0 atom stereocenters. The van der Waals surface area contributed by atoms with Crippen molar-refractivity contribution in [1.82, 2.24) is 0 Å². The minimum Gasteiger partial charge on any atom is -0.0622 e. The quantitative estimate of drug-likeness (QED) is 0.133. The van der Waals surface area contributed by atoms with Crippen LogP contribution in [-0.2, 0) is 0 Å². The molecule has 0 nitrogen and oxygen atoms in total. The summed E-state index contributed by atoms with van der Waals surface area (Å²) in [5.41, 5.74) is 29.6. The van der Waals surface area contributed by atoms with Gasteiger partial charge in [-0.2, -0.15) is 0 Å². The Labute approximate surface area is 522 Å². The smallest absolute Gasteiger partial charge is 0.000740 e. The molecule has 0 N–H and O–H groups in total. The van der Waals surface area contributed by atoms with E-state index in [0.717, 1.165) is 0 Å². The van der Waals surface area contributed by atoms with Crippen LogP contribution in [-0.4, -0.2) is 0 Å². The number of hydrogen-bond donors (Lipinski definition) is 0. The third-order valence-electron chi connectivity index (χ3n) is 19.6. The highest BCUT2D eigenvalue weighted by atomic mass is 14.4.